The number of carbonyl (C=O) groups excluding carboxylic acids is 1. The smallest absolute Gasteiger partial charge is 0.369 e. The minimum Gasteiger partial charge on any atom is -0.369 e. The first-order valence-corrected chi connectivity index (χ1v) is 12.1. The average molecular weight is 544 g/mol. The highest BCUT2D eigenvalue weighted by atomic mass is 19.4. The third kappa shape index (κ3) is 7.54. The number of benzene rings is 1. The number of anilines is 5. The molecule has 39 heavy (non-hydrogen) atoms. The molecule has 4 rings (SSSR count). The van der Waals surface area contributed by atoms with Gasteiger partial charge < -0.3 is 25.8 Å². The second kappa shape index (κ2) is 11.9. The number of piperazine rings is 1. The van der Waals surface area contributed by atoms with Gasteiger partial charge in [-0.05, 0) is 37.4 Å². The molecule has 1 aliphatic heterocycles. The molecule has 0 atom stereocenters. The van der Waals surface area contributed by atoms with Gasteiger partial charge in [-0.15, -0.1) is 6.58 Å². The van der Waals surface area contributed by atoms with Gasteiger partial charge in [0.2, 0.25) is 5.95 Å². The molecule has 206 valence electrons. The zero-order valence-corrected chi connectivity index (χ0v) is 21.2. The highest BCUT2D eigenvalue weighted by Gasteiger charge is 2.29. The summed E-state index contributed by atoms with van der Waals surface area (Å²) in [4.78, 5) is 37.7. The molecule has 0 spiro atoms. The van der Waals surface area contributed by atoms with Crippen molar-refractivity contribution < 1.29 is 18.0 Å². The quantitative estimate of drug-likeness (QED) is 0.350. The van der Waals surface area contributed by atoms with Gasteiger partial charge in [0.25, 0.3) is 11.5 Å². The summed E-state index contributed by atoms with van der Waals surface area (Å²) in [5, 5.41) is 12.1. The molecule has 3 heterocycles. The second-order valence-corrected chi connectivity index (χ2v) is 8.87. The summed E-state index contributed by atoms with van der Waals surface area (Å²) in [6, 6.07) is 9.87. The van der Waals surface area contributed by atoms with Gasteiger partial charge in [0.1, 0.15) is 17.9 Å². The number of nitrogens with one attached hydrogen (secondary N) is 3. The molecule has 1 aliphatic rings. The fourth-order valence-corrected chi connectivity index (χ4v) is 3.83. The summed E-state index contributed by atoms with van der Waals surface area (Å²) in [6.45, 7) is 6.00. The number of amides is 1. The molecule has 1 aromatic carbocycles. The van der Waals surface area contributed by atoms with Crippen molar-refractivity contribution in [1.29, 1.82) is 0 Å². The SMILES string of the molecule is C=CCNC(=O)c1cnc(Nc2ccc(N3CCN(C)CC3)cc2)nc1Nc1ccc(=O)n(CC(F)(F)F)n1. The molecule has 3 N–H and O–H groups in total. The Balaban J connectivity index is 1.57. The second-order valence-electron chi connectivity index (χ2n) is 8.87. The average Bonchev–Trinajstić information content (AvgIpc) is 2.89. The van der Waals surface area contributed by atoms with E-state index >= 15 is 0 Å². The lowest BCUT2D eigenvalue weighted by Gasteiger charge is -2.34. The van der Waals surface area contributed by atoms with Crippen LogP contribution in [0.5, 0.6) is 0 Å². The Morgan fingerprint density at radius 2 is 1.79 bits per heavy atom. The number of carbonyl (C=O) groups is 1. The van der Waals surface area contributed by atoms with Crippen LogP contribution in [0.2, 0.25) is 0 Å². The van der Waals surface area contributed by atoms with Gasteiger partial charge in [-0.2, -0.15) is 23.3 Å². The van der Waals surface area contributed by atoms with Crippen LogP contribution in [0.1, 0.15) is 10.4 Å². The van der Waals surface area contributed by atoms with Crippen LogP contribution in [0.15, 0.2) is 60.0 Å². The number of rotatable bonds is 9. The van der Waals surface area contributed by atoms with Gasteiger partial charge in [-0.3, -0.25) is 9.59 Å². The molecule has 0 aliphatic carbocycles. The third-order valence-corrected chi connectivity index (χ3v) is 5.87. The lowest BCUT2D eigenvalue weighted by molar-refractivity contribution is -0.143. The van der Waals surface area contributed by atoms with Crippen molar-refractivity contribution in [2.45, 2.75) is 12.7 Å². The predicted molar refractivity (Wildman–Crippen MR) is 142 cm³/mol. The van der Waals surface area contributed by atoms with E-state index in [-0.39, 0.29) is 34.4 Å². The molecule has 3 aromatic rings. The van der Waals surface area contributed by atoms with E-state index in [1.165, 1.54) is 18.3 Å². The summed E-state index contributed by atoms with van der Waals surface area (Å²) < 4.78 is 38.9. The minimum absolute atomic E-state index is 0.0168. The molecular weight excluding hydrogens is 515 g/mol. The first-order chi connectivity index (χ1) is 18.6. The van der Waals surface area contributed by atoms with Crippen LogP contribution < -0.4 is 26.4 Å². The minimum atomic E-state index is -4.64. The Hall–Kier alpha value is -4.46. The van der Waals surface area contributed by atoms with E-state index in [4.69, 9.17) is 0 Å². The highest BCUT2D eigenvalue weighted by molar-refractivity contribution is 5.99. The standard InChI is InChI=1S/C25H28F3N9O2/c1-3-10-29-23(39)19-15-30-24(31-17-4-6-18(7-5-17)36-13-11-35(2)12-14-36)33-22(19)32-20-8-9-21(38)37(34-20)16-25(26,27)28/h3-9,15H,1,10-14,16H2,2H3,(H,29,39)(H2,30,31,32,33,34). The molecule has 1 fully saturated rings. The number of likely N-dealkylation sites (N-methyl/N-ethyl adjacent to an activating group) is 1. The summed E-state index contributed by atoms with van der Waals surface area (Å²) in [6.07, 6.45) is -1.88. The first kappa shape index (κ1) is 27.6. The van der Waals surface area contributed by atoms with E-state index < -0.39 is 24.2 Å². The predicted octanol–water partition coefficient (Wildman–Crippen LogP) is 2.75. The number of aromatic nitrogens is 4. The maximum absolute atomic E-state index is 12.9. The molecule has 14 heteroatoms. The lowest BCUT2D eigenvalue weighted by atomic mass is 10.2. The van der Waals surface area contributed by atoms with E-state index in [1.54, 1.807) is 0 Å². The maximum Gasteiger partial charge on any atom is 0.408 e. The van der Waals surface area contributed by atoms with E-state index in [9.17, 15) is 22.8 Å². The maximum atomic E-state index is 12.9. The van der Waals surface area contributed by atoms with E-state index in [0.29, 0.717) is 5.69 Å². The molecule has 0 unspecified atom stereocenters. The van der Waals surface area contributed by atoms with Crippen molar-refractivity contribution >= 4 is 34.9 Å². The Morgan fingerprint density at radius 1 is 1.08 bits per heavy atom. The largest absolute Gasteiger partial charge is 0.408 e. The van der Waals surface area contributed by atoms with Crippen molar-refractivity contribution in [3.63, 3.8) is 0 Å². The van der Waals surface area contributed by atoms with Gasteiger partial charge in [-0.1, -0.05) is 6.08 Å². The fraction of sp³-hybridized carbons (Fsp3) is 0.320. The van der Waals surface area contributed by atoms with E-state index in [0.717, 1.165) is 37.9 Å². The van der Waals surface area contributed by atoms with Crippen LogP contribution in [0, 0.1) is 0 Å². The Kier molecular flexibility index (Phi) is 8.44. The molecule has 11 nitrogen and oxygen atoms in total. The number of hydrogen-bond acceptors (Lipinski definition) is 9. The molecule has 0 saturated carbocycles. The zero-order valence-electron chi connectivity index (χ0n) is 21.2. The van der Waals surface area contributed by atoms with Crippen molar-refractivity contribution in [1.82, 2.24) is 30.0 Å². The van der Waals surface area contributed by atoms with Crippen LogP contribution >= 0.6 is 0 Å². The fourth-order valence-electron chi connectivity index (χ4n) is 3.83. The van der Waals surface area contributed by atoms with Crippen LogP contribution in [-0.2, 0) is 6.54 Å². The first-order valence-electron chi connectivity index (χ1n) is 12.1. The number of hydrogen-bond donors (Lipinski definition) is 3. The van der Waals surface area contributed by atoms with Crippen LogP contribution in [0.4, 0.5) is 42.1 Å². The number of nitrogens with zero attached hydrogens (tertiary/aromatic N) is 6. The van der Waals surface area contributed by atoms with Gasteiger partial charge in [0.15, 0.2) is 5.82 Å². The van der Waals surface area contributed by atoms with E-state index in [2.05, 4.69) is 54.4 Å². The summed E-state index contributed by atoms with van der Waals surface area (Å²) in [5.41, 5.74) is 0.876. The zero-order chi connectivity index (χ0) is 28.0. The van der Waals surface area contributed by atoms with Crippen LogP contribution in [0.3, 0.4) is 0 Å². The highest BCUT2D eigenvalue weighted by Crippen LogP contribution is 2.24. The van der Waals surface area contributed by atoms with Crippen LogP contribution in [-0.4, -0.2) is 76.5 Å². The van der Waals surface area contributed by atoms with Gasteiger partial charge in [-0.25, -0.2) is 9.67 Å². The Morgan fingerprint density at radius 3 is 2.46 bits per heavy atom. The van der Waals surface area contributed by atoms with Gasteiger partial charge >= 0.3 is 6.18 Å². The van der Waals surface area contributed by atoms with Crippen LogP contribution in [0.25, 0.3) is 0 Å². The normalized spacial score (nSPS) is 14.1. The summed E-state index contributed by atoms with van der Waals surface area (Å²) >= 11 is 0. The third-order valence-electron chi connectivity index (χ3n) is 5.87. The van der Waals surface area contributed by atoms with E-state index in [1.807, 2.05) is 24.3 Å². The van der Waals surface area contributed by atoms with Crippen molar-refractivity contribution in [2.24, 2.45) is 0 Å². The Bertz CT molecular complexity index is 1370. The summed E-state index contributed by atoms with van der Waals surface area (Å²) in [7, 11) is 2.09. The van der Waals surface area contributed by atoms with Crippen molar-refractivity contribution in [3.05, 3.63) is 71.2 Å². The molecule has 0 bridgehead atoms. The molecular formula is C25H28F3N9O2. The number of halogens is 3. The van der Waals surface area contributed by atoms with Gasteiger partial charge in [0, 0.05) is 56.4 Å². The monoisotopic (exact) mass is 543 g/mol. The summed E-state index contributed by atoms with van der Waals surface area (Å²) in [5.74, 6) is -0.538. The molecule has 1 amide bonds. The number of alkyl halides is 3. The topological polar surface area (TPSA) is 120 Å². The van der Waals surface area contributed by atoms with Gasteiger partial charge in [0.05, 0.1) is 0 Å². The molecule has 0 radical (unpaired) electrons. The van der Waals surface area contributed by atoms with Crippen molar-refractivity contribution in [3.8, 4) is 0 Å². The lowest BCUT2D eigenvalue weighted by Crippen LogP contribution is -2.44. The Labute approximate surface area is 222 Å². The van der Waals surface area contributed by atoms with Crippen molar-refractivity contribution in [2.75, 3.05) is 55.3 Å². The molecule has 2 aromatic heterocycles. The molecule has 1 saturated heterocycles.